The second-order valence-corrected chi connectivity index (χ2v) is 8.99. The zero-order valence-corrected chi connectivity index (χ0v) is 17.1. The van der Waals surface area contributed by atoms with Crippen molar-refractivity contribution in [3.8, 4) is 0 Å². The number of benzene rings is 2. The fraction of sp³-hybridized carbons (Fsp3) is 0.333. The number of fused-ring (bicyclic) bond motifs is 1. The van der Waals surface area contributed by atoms with E-state index in [2.05, 4.69) is 39.8 Å². The fourth-order valence-corrected chi connectivity index (χ4v) is 4.99. The summed E-state index contributed by atoms with van der Waals surface area (Å²) in [4.78, 5) is 0. The monoisotopic (exact) mass is 413 g/mol. The third-order valence-corrected chi connectivity index (χ3v) is 6.75. The van der Waals surface area contributed by atoms with Crippen molar-refractivity contribution < 1.29 is 9.84 Å². The average Bonchev–Trinajstić information content (AvgIpc) is 3.18. The van der Waals surface area contributed by atoms with Crippen LogP contribution in [0.15, 0.2) is 58.9 Å². The van der Waals surface area contributed by atoms with Gasteiger partial charge in [-0.3, -0.25) is 0 Å². The zero-order chi connectivity index (χ0) is 19.2. The van der Waals surface area contributed by atoms with Gasteiger partial charge in [0, 0.05) is 11.4 Å². The highest BCUT2D eigenvalue weighted by atomic mass is 32.2. The highest BCUT2D eigenvalue weighted by Crippen LogP contribution is 2.33. The van der Waals surface area contributed by atoms with E-state index < -0.39 is 6.10 Å². The minimum absolute atomic E-state index is 0.0906. The van der Waals surface area contributed by atoms with Crippen LogP contribution in [0.2, 0.25) is 0 Å². The number of rotatable bonds is 8. The number of hydrogen-bond donors (Lipinski definition) is 2. The molecule has 0 saturated heterocycles. The molecule has 2 atom stereocenters. The molecule has 1 aliphatic carbocycles. The number of para-hydroxylation sites is 1. The van der Waals surface area contributed by atoms with Gasteiger partial charge in [0.25, 0.3) is 0 Å². The molecule has 0 amide bonds. The summed E-state index contributed by atoms with van der Waals surface area (Å²) in [5.41, 5.74) is 3.63. The summed E-state index contributed by atoms with van der Waals surface area (Å²) in [5, 5.41) is 22.6. The van der Waals surface area contributed by atoms with E-state index in [1.54, 1.807) is 0 Å². The molecular formula is C21H23N3O2S2. The van der Waals surface area contributed by atoms with Gasteiger partial charge in [0.15, 0.2) is 4.34 Å². The van der Waals surface area contributed by atoms with E-state index in [1.807, 2.05) is 30.3 Å². The molecule has 0 bridgehead atoms. The summed E-state index contributed by atoms with van der Waals surface area (Å²) in [6, 6.07) is 18.3. The number of nitrogens with zero attached hydrogens (tertiary/aromatic N) is 2. The number of nitrogens with one attached hydrogen (secondary N) is 1. The molecule has 5 nitrogen and oxygen atoms in total. The molecule has 1 aliphatic rings. The lowest BCUT2D eigenvalue weighted by molar-refractivity contribution is -0.00959. The van der Waals surface area contributed by atoms with Crippen LogP contribution in [-0.2, 0) is 11.2 Å². The van der Waals surface area contributed by atoms with Gasteiger partial charge in [-0.15, -0.1) is 10.2 Å². The highest BCUT2D eigenvalue weighted by molar-refractivity contribution is 8.01. The lowest BCUT2D eigenvalue weighted by atomic mass is 9.89. The Balaban J connectivity index is 1.24. The quantitative estimate of drug-likeness (QED) is 0.516. The predicted octanol–water partition coefficient (Wildman–Crippen LogP) is 4.83. The number of thioether (sulfide) groups is 1. The maximum absolute atomic E-state index is 10.3. The summed E-state index contributed by atoms with van der Waals surface area (Å²) < 4.78 is 6.87. The summed E-state index contributed by atoms with van der Waals surface area (Å²) in [6.45, 7) is 0.333. The van der Waals surface area contributed by atoms with Crippen LogP contribution >= 0.6 is 23.1 Å². The molecule has 0 fully saturated rings. The smallest absolute Gasteiger partial charge is 0.210 e. The number of aryl methyl sites for hydroxylation is 1. The molecule has 0 unspecified atom stereocenters. The Hall–Kier alpha value is -1.93. The Morgan fingerprint density at radius 3 is 2.86 bits per heavy atom. The molecule has 0 aliphatic heterocycles. The Morgan fingerprint density at radius 2 is 1.96 bits per heavy atom. The van der Waals surface area contributed by atoms with Crippen LogP contribution in [-0.4, -0.2) is 33.8 Å². The maximum atomic E-state index is 10.3. The van der Waals surface area contributed by atoms with Gasteiger partial charge < -0.3 is 15.2 Å². The molecule has 1 heterocycles. The van der Waals surface area contributed by atoms with Gasteiger partial charge >= 0.3 is 0 Å². The molecule has 2 aromatic carbocycles. The third kappa shape index (κ3) is 5.11. The molecular weight excluding hydrogens is 390 g/mol. The van der Waals surface area contributed by atoms with E-state index in [1.165, 1.54) is 34.2 Å². The normalized spacial score (nSPS) is 17.1. The maximum Gasteiger partial charge on any atom is 0.210 e. The largest absolute Gasteiger partial charge is 0.390 e. The minimum atomic E-state index is -0.534. The first-order valence-electron chi connectivity index (χ1n) is 9.44. The van der Waals surface area contributed by atoms with Crippen LogP contribution in [0.5, 0.6) is 0 Å². The number of ether oxygens (including phenoxy) is 1. The van der Waals surface area contributed by atoms with Crippen molar-refractivity contribution in [2.24, 2.45) is 0 Å². The molecule has 1 aromatic heterocycles. The van der Waals surface area contributed by atoms with Crippen molar-refractivity contribution in [2.45, 2.75) is 35.8 Å². The van der Waals surface area contributed by atoms with Gasteiger partial charge in [0.2, 0.25) is 5.13 Å². The summed E-state index contributed by atoms with van der Waals surface area (Å²) in [7, 11) is 0. The van der Waals surface area contributed by atoms with Crippen LogP contribution in [0.3, 0.4) is 0 Å². The van der Waals surface area contributed by atoms with Crippen molar-refractivity contribution in [1.82, 2.24) is 10.2 Å². The van der Waals surface area contributed by atoms with Gasteiger partial charge in [0.05, 0.1) is 18.8 Å². The standard InChI is InChI=1S/C21H23N3O2S2/c25-17(13-26-19-12-6-8-15-7-4-5-11-18(15)19)14-27-21-24-23-20(28-21)22-16-9-2-1-3-10-16/h1-5,7,9-11,17,19,25H,6,8,12-14H2,(H,22,23)/t17-,19+/m1/s1. The Kier molecular flexibility index (Phi) is 6.59. The van der Waals surface area contributed by atoms with E-state index in [-0.39, 0.29) is 6.10 Å². The van der Waals surface area contributed by atoms with Crippen molar-refractivity contribution in [3.05, 3.63) is 65.7 Å². The molecule has 4 rings (SSSR count). The lowest BCUT2D eigenvalue weighted by Gasteiger charge is -2.26. The first kappa shape index (κ1) is 19.4. The van der Waals surface area contributed by atoms with Gasteiger partial charge in [-0.25, -0.2) is 0 Å². The van der Waals surface area contributed by atoms with Crippen molar-refractivity contribution in [3.63, 3.8) is 0 Å². The van der Waals surface area contributed by atoms with Crippen LogP contribution in [0.4, 0.5) is 10.8 Å². The van der Waals surface area contributed by atoms with E-state index in [4.69, 9.17) is 4.74 Å². The lowest BCUT2D eigenvalue weighted by Crippen LogP contribution is -2.22. The number of aliphatic hydroxyl groups is 1. The molecule has 2 N–H and O–H groups in total. The van der Waals surface area contributed by atoms with E-state index in [0.717, 1.165) is 34.4 Å². The summed E-state index contributed by atoms with van der Waals surface area (Å²) in [6.07, 6.45) is 2.82. The van der Waals surface area contributed by atoms with E-state index in [0.29, 0.717) is 12.4 Å². The molecule has 7 heteroatoms. The fourth-order valence-electron chi connectivity index (χ4n) is 3.29. The number of anilines is 2. The second-order valence-electron chi connectivity index (χ2n) is 6.74. The first-order valence-corrected chi connectivity index (χ1v) is 11.2. The van der Waals surface area contributed by atoms with Crippen LogP contribution in [0, 0.1) is 0 Å². The number of aromatic nitrogens is 2. The molecule has 3 aromatic rings. The van der Waals surface area contributed by atoms with Crippen LogP contribution in [0.1, 0.15) is 30.1 Å². The van der Waals surface area contributed by atoms with E-state index in [9.17, 15) is 5.11 Å². The molecule has 0 saturated carbocycles. The van der Waals surface area contributed by atoms with E-state index >= 15 is 0 Å². The Bertz CT molecular complexity index is 888. The number of hydrogen-bond acceptors (Lipinski definition) is 7. The highest BCUT2D eigenvalue weighted by Gasteiger charge is 2.21. The topological polar surface area (TPSA) is 67.3 Å². The molecule has 0 spiro atoms. The van der Waals surface area contributed by atoms with Gasteiger partial charge in [0.1, 0.15) is 0 Å². The zero-order valence-electron chi connectivity index (χ0n) is 15.5. The van der Waals surface area contributed by atoms with Crippen molar-refractivity contribution in [1.29, 1.82) is 0 Å². The van der Waals surface area contributed by atoms with Crippen molar-refractivity contribution in [2.75, 3.05) is 17.7 Å². The first-order chi connectivity index (χ1) is 13.8. The number of aliphatic hydroxyl groups excluding tert-OH is 1. The SMILES string of the molecule is O[C@H](CO[C@H]1CCCc2ccccc21)CSc1nnc(Nc2ccccc2)s1. The third-order valence-electron chi connectivity index (χ3n) is 4.63. The molecule has 28 heavy (non-hydrogen) atoms. The molecule has 146 valence electrons. The summed E-state index contributed by atoms with van der Waals surface area (Å²) >= 11 is 2.99. The second kappa shape index (κ2) is 9.52. The summed E-state index contributed by atoms with van der Waals surface area (Å²) in [5.74, 6) is 0.536. The molecule has 0 radical (unpaired) electrons. The van der Waals surface area contributed by atoms with Gasteiger partial charge in [-0.05, 0) is 42.5 Å². The predicted molar refractivity (Wildman–Crippen MR) is 114 cm³/mol. The van der Waals surface area contributed by atoms with Gasteiger partial charge in [-0.1, -0.05) is 65.6 Å². The minimum Gasteiger partial charge on any atom is -0.390 e. The van der Waals surface area contributed by atoms with Crippen LogP contribution in [0.25, 0.3) is 0 Å². The Labute approximate surface area is 173 Å². The average molecular weight is 414 g/mol. The van der Waals surface area contributed by atoms with Gasteiger partial charge in [-0.2, -0.15) is 0 Å². The van der Waals surface area contributed by atoms with Crippen molar-refractivity contribution >= 4 is 33.9 Å². The Morgan fingerprint density at radius 1 is 1.14 bits per heavy atom. The van der Waals surface area contributed by atoms with Crippen LogP contribution < -0.4 is 5.32 Å².